The number of fused-ring (bicyclic) bond motifs is 1. The molecule has 0 fully saturated rings. The van der Waals surface area contributed by atoms with Gasteiger partial charge in [0.1, 0.15) is 11.6 Å². The molecule has 4 heteroatoms. The Labute approximate surface area is 107 Å². The first-order valence-electron chi connectivity index (χ1n) is 6.42. The quantitative estimate of drug-likeness (QED) is 0.826. The van der Waals surface area contributed by atoms with Crippen molar-refractivity contribution in [2.24, 2.45) is 7.05 Å². The van der Waals surface area contributed by atoms with Gasteiger partial charge in [-0.3, -0.25) is 0 Å². The Morgan fingerprint density at radius 2 is 2.17 bits per heavy atom. The molecule has 0 radical (unpaired) electrons. The van der Waals surface area contributed by atoms with Gasteiger partial charge in [0.25, 0.3) is 0 Å². The number of benzene rings is 1. The van der Waals surface area contributed by atoms with Gasteiger partial charge >= 0.3 is 0 Å². The standard InChI is InChI=1S/C14H20FN3/c1-10(2)16-8-4-5-14-17-12-7-6-11(15)9-13(12)18(14)3/h6-7,9-10,16H,4-5,8H2,1-3H3. The van der Waals surface area contributed by atoms with Crippen molar-refractivity contribution < 1.29 is 4.39 Å². The molecule has 1 heterocycles. The third kappa shape index (κ3) is 2.88. The monoisotopic (exact) mass is 249 g/mol. The van der Waals surface area contributed by atoms with Crippen molar-refractivity contribution in [1.82, 2.24) is 14.9 Å². The van der Waals surface area contributed by atoms with Crippen LogP contribution in [0.3, 0.4) is 0 Å². The van der Waals surface area contributed by atoms with E-state index in [1.807, 2.05) is 11.6 Å². The molecule has 0 unspecified atom stereocenters. The summed E-state index contributed by atoms with van der Waals surface area (Å²) in [7, 11) is 1.94. The average Bonchev–Trinajstić information content (AvgIpc) is 2.62. The Kier molecular flexibility index (Phi) is 3.97. The zero-order valence-electron chi connectivity index (χ0n) is 11.2. The van der Waals surface area contributed by atoms with E-state index < -0.39 is 0 Å². The number of nitrogens with one attached hydrogen (secondary N) is 1. The maximum absolute atomic E-state index is 13.2. The van der Waals surface area contributed by atoms with Crippen LogP contribution in [-0.2, 0) is 13.5 Å². The fourth-order valence-corrected chi connectivity index (χ4v) is 2.07. The van der Waals surface area contributed by atoms with Crippen molar-refractivity contribution in [3.8, 4) is 0 Å². The highest BCUT2D eigenvalue weighted by molar-refractivity contribution is 5.75. The fraction of sp³-hybridized carbons (Fsp3) is 0.500. The molecule has 3 nitrogen and oxygen atoms in total. The average molecular weight is 249 g/mol. The van der Waals surface area contributed by atoms with Gasteiger partial charge in [-0.15, -0.1) is 0 Å². The number of halogens is 1. The summed E-state index contributed by atoms with van der Waals surface area (Å²) in [4.78, 5) is 4.54. The summed E-state index contributed by atoms with van der Waals surface area (Å²) in [5.41, 5.74) is 1.73. The van der Waals surface area contributed by atoms with Crippen LogP contribution in [0.4, 0.5) is 4.39 Å². The van der Waals surface area contributed by atoms with E-state index in [9.17, 15) is 4.39 Å². The molecule has 0 aliphatic carbocycles. The van der Waals surface area contributed by atoms with E-state index in [0.717, 1.165) is 36.2 Å². The molecular formula is C14H20FN3. The number of rotatable bonds is 5. The molecule has 1 N–H and O–H groups in total. The molecule has 0 saturated carbocycles. The number of aryl methyl sites for hydroxylation is 2. The summed E-state index contributed by atoms with van der Waals surface area (Å²) < 4.78 is 15.2. The largest absolute Gasteiger partial charge is 0.331 e. The van der Waals surface area contributed by atoms with Gasteiger partial charge in [0.2, 0.25) is 0 Å². The van der Waals surface area contributed by atoms with E-state index in [0.29, 0.717) is 6.04 Å². The van der Waals surface area contributed by atoms with E-state index >= 15 is 0 Å². The SMILES string of the molecule is CC(C)NCCCc1nc2ccc(F)cc2n1C. The Morgan fingerprint density at radius 1 is 1.39 bits per heavy atom. The van der Waals surface area contributed by atoms with Crippen LogP contribution in [0.5, 0.6) is 0 Å². The lowest BCUT2D eigenvalue weighted by Gasteiger charge is -2.07. The predicted molar refractivity (Wildman–Crippen MR) is 72.1 cm³/mol. The van der Waals surface area contributed by atoms with Crippen molar-refractivity contribution in [1.29, 1.82) is 0 Å². The molecule has 0 spiro atoms. The summed E-state index contributed by atoms with van der Waals surface area (Å²) in [6.45, 7) is 5.25. The summed E-state index contributed by atoms with van der Waals surface area (Å²) in [6.07, 6.45) is 1.95. The van der Waals surface area contributed by atoms with Crippen molar-refractivity contribution in [3.63, 3.8) is 0 Å². The minimum atomic E-state index is -0.210. The molecule has 2 aromatic rings. The van der Waals surface area contributed by atoms with E-state index in [4.69, 9.17) is 0 Å². The number of aromatic nitrogens is 2. The van der Waals surface area contributed by atoms with Crippen LogP contribution in [0.2, 0.25) is 0 Å². The van der Waals surface area contributed by atoms with Crippen LogP contribution in [0.25, 0.3) is 11.0 Å². The van der Waals surface area contributed by atoms with Gasteiger partial charge in [-0.2, -0.15) is 0 Å². The molecule has 18 heavy (non-hydrogen) atoms. The normalized spacial score (nSPS) is 11.6. The molecule has 0 aliphatic rings. The Balaban J connectivity index is 2.07. The van der Waals surface area contributed by atoms with Gasteiger partial charge in [0.05, 0.1) is 11.0 Å². The first-order chi connectivity index (χ1) is 8.58. The molecule has 98 valence electrons. The molecule has 0 amide bonds. The van der Waals surface area contributed by atoms with Crippen molar-refractivity contribution in [3.05, 3.63) is 29.8 Å². The zero-order valence-corrected chi connectivity index (χ0v) is 11.2. The smallest absolute Gasteiger partial charge is 0.125 e. The highest BCUT2D eigenvalue weighted by Gasteiger charge is 2.08. The molecule has 0 bridgehead atoms. The maximum Gasteiger partial charge on any atom is 0.125 e. The first-order valence-corrected chi connectivity index (χ1v) is 6.42. The van der Waals surface area contributed by atoms with Crippen LogP contribution in [0, 0.1) is 5.82 Å². The molecule has 0 aliphatic heterocycles. The Morgan fingerprint density at radius 3 is 2.89 bits per heavy atom. The van der Waals surface area contributed by atoms with Crippen LogP contribution in [0.15, 0.2) is 18.2 Å². The lowest BCUT2D eigenvalue weighted by Crippen LogP contribution is -2.24. The third-order valence-corrected chi connectivity index (χ3v) is 3.07. The van der Waals surface area contributed by atoms with Crippen LogP contribution in [0.1, 0.15) is 26.1 Å². The fourth-order valence-electron chi connectivity index (χ4n) is 2.07. The number of hydrogen-bond acceptors (Lipinski definition) is 2. The number of imidazole rings is 1. The second-order valence-corrected chi connectivity index (χ2v) is 4.93. The Hall–Kier alpha value is -1.42. The molecule has 1 aromatic heterocycles. The van der Waals surface area contributed by atoms with E-state index in [-0.39, 0.29) is 5.82 Å². The van der Waals surface area contributed by atoms with E-state index in [1.165, 1.54) is 12.1 Å². The van der Waals surface area contributed by atoms with Crippen molar-refractivity contribution in [2.45, 2.75) is 32.7 Å². The summed E-state index contributed by atoms with van der Waals surface area (Å²) in [5, 5.41) is 3.38. The highest BCUT2D eigenvalue weighted by Crippen LogP contribution is 2.16. The second-order valence-electron chi connectivity index (χ2n) is 4.93. The Bertz CT molecular complexity index is 531. The minimum Gasteiger partial charge on any atom is -0.331 e. The minimum absolute atomic E-state index is 0.210. The van der Waals surface area contributed by atoms with E-state index in [2.05, 4.69) is 24.1 Å². The molecule has 0 atom stereocenters. The van der Waals surface area contributed by atoms with Gasteiger partial charge in [0, 0.05) is 19.5 Å². The topological polar surface area (TPSA) is 29.9 Å². The molecular weight excluding hydrogens is 229 g/mol. The van der Waals surface area contributed by atoms with Gasteiger partial charge in [-0.25, -0.2) is 9.37 Å². The van der Waals surface area contributed by atoms with Gasteiger partial charge in [-0.05, 0) is 31.2 Å². The van der Waals surface area contributed by atoms with Crippen LogP contribution >= 0.6 is 0 Å². The second kappa shape index (κ2) is 5.48. The summed E-state index contributed by atoms with van der Waals surface area (Å²) in [5.74, 6) is 0.805. The van der Waals surface area contributed by atoms with Gasteiger partial charge in [-0.1, -0.05) is 13.8 Å². The lowest BCUT2D eigenvalue weighted by atomic mass is 10.3. The summed E-state index contributed by atoms with van der Waals surface area (Å²) in [6, 6.07) is 5.25. The number of nitrogens with zero attached hydrogens (tertiary/aromatic N) is 2. The first kappa shape index (κ1) is 13.0. The van der Waals surface area contributed by atoms with Crippen LogP contribution < -0.4 is 5.32 Å². The van der Waals surface area contributed by atoms with Crippen molar-refractivity contribution in [2.75, 3.05) is 6.54 Å². The molecule has 2 rings (SSSR count). The molecule has 1 aromatic carbocycles. The van der Waals surface area contributed by atoms with Crippen molar-refractivity contribution >= 4 is 11.0 Å². The highest BCUT2D eigenvalue weighted by atomic mass is 19.1. The zero-order chi connectivity index (χ0) is 13.1. The predicted octanol–water partition coefficient (Wildman–Crippen LogP) is 2.64. The van der Waals surface area contributed by atoms with Gasteiger partial charge in [0.15, 0.2) is 0 Å². The third-order valence-electron chi connectivity index (χ3n) is 3.07. The van der Waals surface area contributed by atoms with Gasteiger partial charge < -0.3 is 9.88 Å². The number of hydrogen-bond donors (Lipinski definition) is 1. The van der Waals surface area contributed by atoms with Crippen LogP contribution in [-0.4, -0.2) is 22.1 Å². The molecule has 0 saturated heterocycles. The lowest BCUT2D eigenvalue weighted by molar-refractivity contribution is 0.563. The maximum atomic E-state index is 13.2. The summed E-state index contributed by atoms with van der Waals surface area (Å²) >= 11 is 0. The van der Waals surface area contributed by atoms with E-state index in [1.54, 1.807) is 6.07 Å².